The summed E-state index contributed by atoms with van der Waals surface area (Å²) in [6.45, 7) is 0. The Balaban J connectivity index is 2.06. The highest BCUT2D eigenvalue weighted by Gasteiger charge is 2.11. The minimum Gasteiger partial charge on any atom is -0.294 e. The zero-order valence-corrected chi connectivity index (χ0v) is 11.4. The number of hydrogen-bond donors (Lipinski definition) is 0. The normalized spacial score (nSPS) is 10.6. The lowest BCUT2D eigenvalue weighted by atomic mass is 10.1. The first-order valence-electron chi connectivity index (χ1n) is 5.85. The number of nitrogens with zero attached hydrogens (tertiary/aromatic N) is 2. The maximum absolute atomic E-state index is 12.2. The van der Waals surface area contributed by atoms with E-state index in [4.69, 9.17) is 0 Å². The Morgan fingerprint density at radius 1 is 1.33 bits per heavy atom. The van der Waals surface area contributed by atoms with Crippen molar-refractivity contribution in [1.82, 2.24) is 9.78 Å². The molecule has 4 heteroatoms. The Labute approximate surface area is 111 Å². The van der Waals surface area contributed by atoms with Crippen LogP contribution in [0.1, 0.15) is 22.5 Å². The Bertz CT molecular complexity index is 548. The van der Waals surface area contributed by atoms with E-state index in [9.17, 15) is 4.79 Å². The molecule has 2 rings (SSSR count). The molecule has 0 saturated heterocycles. The molecule has 0 atom stereocenters. The second-order valence-corrected chi connectivity index (χ2v) is 4.92. The summed E-state index contributed by atoms with van der Waals surface area (Å²) in [4.78, 5) is 13.2. The number of aryl methyl sites for hydroxylation is 2. The summed E-state index contributed by atoms with van der Waals surface area (Å²) >= 11 is 1.61. The number of ketones is 1. The van der Waals surface area contributed by atoms with E-state index in [-0.39, 0.29) is 5.78 Å². The fraction of sp³-hybridized carbons (Fsp3) is 0.286. The minimum atomic E-state index is 0.196. The Morgan fingerprint density at radius 2 is 2.11 bits per heavy atom. The molecule has 0 saturated carbocycles. The van der Waals surface area contributed by atoms with Crippen LogP contribution in [0.3, 0.4) is 0 Å². The van der Waals surface area contributed by atoms with Gasteiger partial charge in [0.2, 0.25) is 0 Å². The second kappa shape index (κ2) is 5.87. The summed E-state index contributed by atoms with van der Waals surface area (Å²) in [5, 5.41) is 4.10. The van der Waals surface area contributed by atoms with E-state index in [0.29, 0.717) is 6.42 Å². The van der Waals surface area contributed by atoms with Crippen molar-refractivity contribution in [3.63, 3.8) is 0 Å². The highest BCUT2D eigenvalue weighted by atomic mass is 32.2. The van der Waals surface area contributed by atoms with Crippen LogP contribution in [0.2, 0.25) is 0 Å². The van der Waals surface area contributed by atoms with Crippen LogP contribution in [0.25, 0.3) is 0 Å². The highest BCUT2D eigenvalue weighted by Crippen LogP contribution is 2.21. The standard InChI is InChI=1S/C14H16N2OS/c1-16-11(9-10-15-16)7-8-13(17)12-5-3-4-6-14(12)18-2/h3-6,9-10H,7-8H2,1-2H3. The number of thioether (sulfide) groups is 1. The molecule has 1 aromatic heterocycles. The van der Waals surface area contributed by atoms with Crippen LogP contribution in [0.15, 0.2) is 41.4 Å². The molecule has 0 fully saturated rings. The quantitative estimate of drug-likeness (QED) is 0.612. The van der Waals surface area contributed by atoms with Gasteiger partial charge in [-0.1, -0.05) is 18.2 Å². The molecule has 0 bridgehead atoms. The first-order chi connectivity index (χ1) is 8.72. The molecule has 0 aliphatic rings. The van der Waals surface area contributed by atoms with E-state index >= 15 is 0 Å². The van der Waals surface area contributed by atoms with Gasteiger partial charge in [-0.3, -0.25) is 9.48 Å². The molecule has 1 aromatic carbocycles. The van der Waals surface area contributed by atoms with Gasteiger partial charge in [0.25, 0.3) is 0 Å². The van der Waals surface area contributed by atoms with Crippen molar-refractivity contribution >= 4 is 17.5 Å². The molecule has 3 nitrogen and oxygen atoms in total. The number of carbonyl (C=O) groups is 1. The third kappa shape index (κ3) is 2.82. The minimum absolute atomic E-state index is 0.196. The number of benzene rings is 1. The van der Waals surface area contributed by atoms with Crippen LogP contribution in [0.4, 0.5) is 0 Å². The molecule has 1 heterocycles. The van der Waals surface area contributed by atoms with Gasteiger partial charge in [-0.25, -0.2) is 0 Å². The van der Waals surface area contributed by atoms with E-state index in [1.54, 1.807) is 18.0 Å². The first-order valence-corrected chi connectivity index (χ1v) is 7.08. The average Bonchev–Trinajstić information content (AvgIpc) is 2.81. The molecular weight excluding hydrogens is 244 g/mol. The molecule has 0 aliphatic heterocycles. The first kappa shape index (κ1) is 12.9. The summed E-state index contributed by atoms with van der Waals surface area (Å²) in [6.07, 6.45) is 5.01. The SMILES string of the molecule is CSc1ccccc1C(=O)CCc1ccnn1C. The van der Waals surface area contributed by atoms with E-state index in [0.717, 1.165) is 22.6 Å². The van der Waals surface area contributed by atoms with Gasteiger partial charge in [0.05, 0.1) is 0 Å². The van der Waals surface area contributed by atoms with Crippen LogP contribution in [-0.2, 0) is 13.5 Å². The Hall–Kier alpha value is -1.55. The van der Waals surface area contributed by atoms with Gasteiger partial charge < -0.3 is 0 Å². The number of rotatable bonds is 5. The molecule has 2 aromatic rings. The number of Topliss-reactive ketones (excluding diaryl/α,β-unsaturated/α-hetero) is 1. The molecule has 0 N–H and O–H groups in total. The number of carbonyl (C=O) groups excluding carboxylic acids is 1. The average molecular weight is 260 g/mol. The Morgan fingerprint density at radius 3 is 2.78 bits per heavy atom. The highest BCUT2D eigenvalue weighted by molar-refractivity contribution is 7.98. The maximum Gasteiger partial charge on any atom is 0.164 e. The maximum atomic E-state index is 12.2. The topological polar surface area (TPSA) is 34.9 Å². The number of hydrogen-bond acceptors (Lipinski definition) is 3. The van der Waals surface area contributed by atoms with Crippen molar-refractivity contribution in [2.75, 3.05) is 6.26 Å². The van der Waals surface area contributed by atoms with Crippen molar-refractivity contribution in [3.05, 3.63) is 47.8 Å². The second-order valence-electron chi connectivity index (χ2n) is 4.07. The fourth-order valence-corrected chi connectivity index (χ4v) is 2.51. The van der Waals surface area contributed by atoms with E-state index < -0.39 is 0 Å². The van der Waals surface area contributed by atoms with E-state index in [2.05, 4.69) is 5.10 Å². The third-order valence-corrected chi connectivity index (χ3v) is 3.73. The summed E-state index contributed by atoms with van der Waals surface area (Å²) in [6, 6.07) is 9.72. The van der Waals surface area contributed by atoms with Crippen LogP contribution < -0.4 is 0 Å². The van der Waals surface area contributed by atoms with Crippen molar-refractivity contribution in [1.29, 1.82) is 0 Å². The van der Waals surface area contributed by atoms with Gasteiger partial charge in [-0.15, -0.1) is 11.8 Å². The summed E-state index contributed by atoms with van der Waals surface area (Å²) in [5.41, 5.74) is 1.91. The predicted molar refractivity (Wildman–Crippen MR) is 74.1 cm³/mol. The monoisotopic (exact) mass is 260 g/mol. The molecule has 0 amide bonds. The number of aromatic nitrogens is 2. The van der Waals surface area contributed by atoms with E-state index in [1.165, 1.54) is 0 Å². The predicted octanol–water partition coefficient (Wildman–Crippen LogP) is 2.96. The molecule has 0 aliphatic carbocycles. The van der Waals surface area contributed by atoms with Crippen LogP contribution in [0.5, 0.6) is 0 Å². The zero-order chi connectivity index (χ0) is 13.0. The van der Waals surface area contributed by atoms with Crippen LogP contribution in [0, 0.1) is 0 Å². The fourth-order valence-electron chi connectivity index (χ4n) is 1.90. The van der Waals surface area contributed by atoms with Crippen molar-refractivity contribution in [2.45, 2.75) is 17.7 Å². The lowest BCUT2D eigenvalue weighted by Gasteiger charge is -2.06. The lowest BCUT2D eigenvalue weighted by Crippen LogP contribution is -2.05. The van der Waals surface area contributed by atoms with Gasteiger partial charge >= 0.3 is 0 Å². The smallest absolute Gasteiger partial charge is 0.164 e. The van der Waals surface area contributed by atoms with Crippen LogP contribution in [-0.4, -0.2) is 21.8 Å². The van der Waals surface area contributed by atoms with Gasteiger partial charge in [0.1, 0.15) is 0 Å². The van der Waals surface area contributed by atoms with Crippen molar-refractivity contribution < 1.29 is 4.79 Å². The third-order valence-electron chi connectivity index (χ3n) is 2.94. The summed E-state index contributed by atoms with van der Waals surface area (Å²) < 4.78 is 1.81. The zero-order valence-electron chi connectivity index (χ0n) is 10.6. The molecule has 0 radical (unpaired) electrons. The van der Waals surface area contributed by atoms with Gasteiger partial charge in [-0.05, 0) is 24.8 Å². The van der Waals surface area contributed by atoms with Gasteiger partial charge in [0.15, 0.2) is 5.78 Å². The summed E-state index contributed by atoms with van der Waals surface area (Å²) in [5.74, 6) is 0.196. The molecule has 0 unspecified atom stereocenters. The molecule has 0 spiro atoms. The largest absolute Gasteiger partial charge is 0.294 e. The summed E-state index contributed by atoms with van der Waals surface area (Å²) in [7, 11) is 1.90. The molecular formula is C14H16N2OS. The van der Waals surface area contributed by atoms with E-state index in [1.807, 2.05) is 48.3 Å². The van der Waals surface area contributed by atoms with Crippen LogP contribution >= 0.6 is 11.8 Å². The lowest BCUT2D eigenvalue weighted by molar-refractivity contribution is 0.0979. The Kier molecular flexibility index (Phi) is 4.20. The van der Waals surface area contributed by atoms with Crippen molar-refractivity contribution in [3.8, 4) is 0 Å². The van der Waals surface area contributed by atoms with Gasteiger partial charge in [-0.2, -0.15) is 5.10 Å². The van der Waals surface area contributed by atoms with Crippen molar-refractivity contribution in [2.24, 2.45) is 7.05 Å². The molecule has 94 valence electrons. The molecule has 18 heavy (non-hydrogen) atoms. The van der Waals surface area contributed by atoms with Gasteiger partial charge in [0, 0.05) is 35.8 Å².